The summed E-state index contributed by atoms with van der Waals surface area (Å²) in [6.45, 7) is 9.85. The number of nitro groups is 1. The highest BCUT2D eigenvalue weighted by Gasteiger charge is 2.58. The fraction of sp³-hybridized carbons (Fsp3) is 0.650. The highest BCUT2D eigenvalue weighted by atomic mass is 32.2. The molecule has 0 aromatic heterocycles. The SMILES string of the molecule is Cc1cc(SC2CC3(CCN(C(=O)O)CC3)C2C(C)(C)C)ccc1[N+](=O)[O-]. The molecule has 2 unspecified atom stereocenters. The first-order valence-electron chi connectivity index (χ1n) is 9.43. The molecule has 1 aromatic rings. The van der Waals surface area contributed by atoms with Gasteiger partial charge in [-0.2, -0.15) is 0 Å². The van der Waals surface area contributed by atoms with E-state index in [-0.39, 0.29) is 21.4 Å². The van der Waals surface area contributed by atoms with E-state index in [0.717, 1.165) is 24.2 Å². The van der Waals surface area contributed by atoms with Crippen molar-refractivity contribution in [2.75, 3.05) is 13.1 Å². The molecule has 1 saturated carbocycles. The Morgan fingerprint density at radius 3 is 2.44 bits per heavy atom. The first kappa shape index (κ1) is 20.0. The van der Waals surface area contributed by atoms with Crippen LogP contribution in [0.3, 0.4) is 0 Å². The summed E-state index contributed by atoms with van der Waals surface area (Å²) < 4.78 is 0. The van der Waals surface area contributed by atoms with Crippen molar-refractivity contribution in [2.45, 2.75) is 57.1 Å². The Morgan fingerprint density at radius 2 is 1.96 bits per heavy atom. The van der Waals surface area contributed by atoms with Gasteiger partial charge in [0, 0.05) is 34.9 Å². The topological polar surface area (TPSA) is 83.7 Å². The van der Waals surface area contributed by atoms with Crippen molar-refractivity contribution in [3.05, 3.63) is 33.9 Å². The lowest BCUT2D eigenvalue weighted by Gasteiger charge is -2.62. The largest absolute Gasteiger partial charge is 0.465 e. The number of rotatable bonds is 3. The lowest BCUT2D eigenvalue weighted by Crippen LogP contribution is -2.60. The van der Waals surface area contributed by atoms with Gasteiger partial charge >= 0.3 is 6.09 Å². The van der Waals surface area contributed by atoms with Crippen molar-refractivity contribution < 1.29 is 14.8 Å². The average molecular weight is 393 g/mol. The normalized spacial score (nSPS) is 24.5. The fourth-order valence-electron chi connectivity index (χ4n) is 5.20. The van der Waals surface area contributed by atoms with E-state index in [1.807, 2.05) is 23.9 Å². The summed E-state index contributed by atoms with van der Waals surface area (Å²) in [4.78, 5) is 24.5. The number of likely N-dealkylation sites (tertiary alicyclic amines) is 1. The molecule has 6 nitrogen and oxygen atoms in total. The van der Waals surface area contributed by atoms with Crippen LogP contribution >= 0.6 is 11.8 Å². The van der Waals surface area contributed by atoms with Crippen molar-refractivity contribution >= 4 is 23.5 Å². The zero-order valence-electron chi connectivity index (χ0n) is 16.4. The predicted molar refractivity (Wildman–Crippen MR) is 106 cm³/mol. The second kappa shape index (κ2) is 7.00. The second-order valence-corrected chi connectivity index (χ2v) is 10.4. The molecule has 1 aliphatic heterocycles. The van der Waals surface area contributed by atoms with Crippen molar-refractivity contribution in [3.8, 4) is 0 Å². The predicted octanol–water partition coefficient (Wildman–Crippen LogP) is 5.19. The maximum atomic E-state index is 11.2. The monoisotopic (exact) mass is 392 g/mol. The van der Waals surface area contributed by atoms with Crippen LogP contribution in [0.15, 0.2) is 23.1 Å². The Labute approximate surface area is 164 Å². The van der Waals surface area contributed by atoms with Gasteiger partial charge in [0.2, 0.25) is 0 Å². The number of carbonyl (C=O) groups is 1. The van der Waals surface area contributed by atoms with E-state index >= 15 is 0 Å². The summed E-state index contributed by atoms with van der Waals surface area (Å²) in [7, 11) is 0. The standard InChI is InChI=1S/C20H28N2O4S/c1-13-11-14(5-6-15(13)22(25)26)27-16-12-20(17(16)19(2,3)4)7-9-21(10-8-20)18(23)24/h5-6,11,16-17H,7-10,12H2,1-4H3,(H,23,24). The third-order valence-corrected chi connectivity index (χ3v) is 7.52. The van der Waals surface area contributed by atoms with Crippen LogP contribution in [0, 0.1) is 33.8 Å². The number of piperidine rings is 1. The molecule has 1 aromatic carbocycles. The van der Waals surface area contributed by atoms with Crippen molar-refractivity contribution in [2.24, 2.45) is 16.7 Å². The fourth-order valence-corrected chi connectivity index (χ4v) is 7.19. The third-order valence-electron chi connectivity index (χ3n) is 6.25. The van der Waals surface area contributed by atoms with Crippen LogP contribution in [0.25, 0.3) is 0 Å². The Kier molecular flexibility index (Phi) is 5.18. The van der Waals surface area contributed by atoms with E-state index in [9.17, 15) is 20.0 Å². The van der Waals surface area contributed by atoms with Gasteiger partial charge < -0.3 is 10.0 Å². The number of hydrogen-bond donors (Lipinski definition) is 1. The highest BCUT2D eigenvalue weighted by Crippen LogP contribution is 2.64. The summed E-state index contributed by atoms with van der Waals surface area (Å²) in [6, 6.07) is 5.37. The second-order valence-electron chi connectivity index (χ2n) is 9.04. The molecule has 2 aliphatic rings. The van der Waals surface area contributed by atoms with E-state index in [2.05, 4.69) is 20.8 Å². The van der Waals surface area contributed by atoms with Gasteiger partial charge in [-0.25, -0.2) is 4.79 Å². The molecule has 1 amide bonds. The lowest BCUT2D eigenvalue weighted by molar-refractivity contribution is -0.385. The molecule has 1 heterocycles. The Morgan fingerprint density at radius 1 is 1.33 bits per heavy atom. The molecule has 1 aliphatic carbocycles. The number of nitro benzene ring substituents is 1. The molecule has 0 radical (unpaired) electrons. The highest BCUT2D eigenvalue weighted by molar-refractivity contribution is 8.00. The van der Waals surface area contributed by atoms with Crippen LogP contribution in [0.2, 0.25) is 0 Å². The summed E-state index contributed by atoms with van der Waals surface area (Å²) >= 11 is 1.82. The Bertz CT molecular complexity index is 751. The van der Waals surface area contributed by atoms with Gasteiger partial charge in [0.25, 0.3) is 5.69 Å². The van der Waals surface area contributed by atoms with Gasteiger partial charge in [-0.05, 0) is 55.1 Å². The smallest absolute Gasteiger partial charge is 0.407 e. The first-order valence-corrected chi connectivity index (χ1v) is 10.3. The number of hydrogen-bond acceptors (Lipinski definition) is 4. The van der Waals surface area contributed by atoms with Gasteiger partial charge in [0.1, 0.15) is 0 Å². The van der Waals surface area contributed by atoms with Crippen molar-refractivity contribution in [3.63, 3.8) is 0 Å². The zero-order valence-corrected chi connectivity index (χ0v) is 17.2. The molecular weight excluding hydrogens is 364 g/mol. The number of thioether (sulfide) groups is 1. The molecule has 2 atom stereocenters. The van der Waals surface area contributed by atoms with Crippen LogP contribution in [-0.2, 0) is 0 Å². The van der Waals surface area contributed by atoms with E-state index in [4.69, 9.17) is 0 Å². The number of nitrogens with zero attached hydrogens (tertiary/aromatic N) is 2. The zero-order chi connectivity index (χ0) is 20.0. The molecule has 1 N–H and O–H groups in total. The van der Waals surface area contributed by atoms with E-state index in [1.165, 1.54) is 4.90 Å². The van der Waals surface area contributed by atoms with Gasteiger partial charge in [-0.15, -0.1) is 11.8 Å². The summed E-state index contributed by atoms with van der Waals surface area (Å²) in [5, 5.41) is 20.7. The molecule has 3 rings (SSSR count). The number of amides is 1. The van der Waals surface area contributed by atoms with E-state index < -0.39 is 6.09 Å². The summed E-state index contributed by atoms with van der Waals surface area (Å²) in [6.07, 6.45) is 2.13. The molecule has 1 saturated heterocycles. The van der Waals surface area contributed by atoms with Crippen molar-refractivity contribution in [1.29, 1.82) is 0 Å². The number of aryl methyl sites for hydroxylation is 1. The number of benzene rings is 1. The van der Waals surface area contributed by atoms with Crippen LogP contribution in [0.5, 0.6) is 0 Å². The van der Waals surface area contributed by atoms with E-state index in [0.29, 0.717) is 29.8 Å². The van der Waals surface area contributed by atoms with Crippen LogP contribution in [0.4, 0.5) is 10.5 Å². The molecular formula is C20H28N2O4S. The first-order chi connectivity index (χ1) is 12.5. The average Bonchev–Trinajstić information content (AvgIpc) is 2.52. The van der Waals surface area contributed by atoms with E-state index in [1.54, 1.807) is 13.0 Å². The Hall–Kier alpha value is -1.76. The van der Waals surface area contributed by atoms with Crippen LogP contribution < -0.4 is 0 Å². The van der Waals surface area contributed by atoms with Crippen LogP contribution in [0.1, 0.15) is 45.6 Å². The van der Waals surface area contributed by atoms with Crippen molar-refractivity contribution in [1.82, 2.24) is 4.90 Å². The summed E-state index contributed by atoms with van der Waals surface area (Å²) in [5.74, 6) is 0.501. The minimum atomic E-state index is -0.816. The van der Waals surface area contributed by atoms with Gasteiger partial charge in [-0.1, -0.05) is 20.8 Å². The summed E-state index contributed by atoms with van der Waals surface area (Å²) in [5.41, 5.74) is 1.22. The van der Waals surface area contributed by atoms with Gasteiger partial charge in [0.15, 0.2) is 0 Å². The molecule has 0 bridgehead atoms. The quantitative estimate of drug-likeness (QED) is 0.565. The molecule has 7 heteroatoms. The maximum absolute atomic E-state index is 11.2. The molecule has 27 heavy (non-hydrogen) atoms. The lowest BCUT2D eigenvalue weighted by atomic mass is 9.48. The molecule has 2 fully saturated rings. The number of carboxylic acid groups (broad SMARTS) is 1. The maximum Gasteiger partial charge on any atom is 0.407 e. The third kappa shape index (κ3) is 3.79. The molecule has 148 valence electrons. The van der Waals surface area contributed by atoms with Crippen LogP contribution in [-0.4, -0.2) is 39.4 Å². The molecule has 1 spiro atoms. The minimum absolute atomic E-state index is 0.136. The van der Waals surface area contributed by atoms with Gasteiger partial charge in [0.05, 0.1) is 4.92 Å². The minimum Gasteiger partial charge on any atom is -0.465 e. The Balaban J connectivity index is 1.75. The van der Waals surface area contributed by atoms with Gasteiger partial charge in [-0.3, -0.25) is 10.1 Å².